The number of rotatable bonds is 0. The summed E-state index contributed by atoms with van der Waals surface area (Å²) in [4.78, 5) is 9.41. The van der Waals surface area contributed by atoms with Crippen molar-refractivity contribution < 1.29 is 8.78 Å². The van der Waals surface area contributed by atoms with Crippen molar-refractivity contribution >= 4 is 0 Å². The molecular formula is C33H70F2N4. The molecule has 0 atom stereocenters. The molecule has 4 heterocycles. The highest BCUT2D eigenvalue weighted by Crippen LogP contribution is 2.32. The summed E-state index contributed by atoms with van der Waals surface area (Å²) in [6, 6.07) is 0. The van der Waals surface area contributed by atoms with Gasteiger partial charge < -0.3 is 0 Å². The number of hydrogen-bond donors (Lipinski definition) is 0. The average Bonchev–Trinajstić information content (AvgIpc) is 3.25. The molecule has 0 aromatic heterocycles. The average molecular weight is 561 g/mol. The van der Waals surface area contributed by atoms with Crippen molar-refractivity contribution in [3.8, 4) is 0 Å². The van der Waals surface area contributed by atoms with Crippen LogP contribution < -0.4 is 0 Å². The highest BCUT2D eigenvalue weighted by Gasteiger charge is 2.47. The lowest BCUT2D eigenvalue weighted by Crippen LogP contribution is -2.62. The van der Waals surface area contributed by atoms with Gasteiger partial charge in [0.05, 0.1) is 13.1 Å². The van der Waals surface area contributed by atoms with Crippen LogP contribution in [0.25, 0.3) is 0 Å². The van der Waals surface area contributed by atoms with Crippen LogP contribution in [0.3, 0.4) is 0 Å². The van der Waals surface area contributed by atoms with Crippen LogP contribution in [0, 0.1) is 5.92 Å². The van der Waals surface area contributed by atoms with Crippen molar-refractivity contribution in [1.82, 2.24) is 19.6 Å². The molecule has 0 unspecified atom stereocenters. The molecule has 236 valence electrons. The maximum absolute atomic E-state index is 12.3. The molecule has 0 amide bonds. The lowest BCUT2D eigenvalue weighted by atomic mass is 9.94. The molecule has 4 nitrogen and oxygen atoms in total. The number of likely N-dealkylation sites (tertiary alicyclic amines) is 4. The second-order valence-corrected chi connectivity index (χ2v) is 16.1. The monoisotopic (exact) mass is 561 g/mol. The summed E-state index contributed by atoms with van der Waals surface area (Å²) in [6.45, 7) is 36.4. The Balaban J connectivity index is 0.000000490. The molecule has 0 spiro atoms. The smallest absolute Gasteiger partial charge is 0.272 e. The van der Waals surface area contributed by atoms with E-state index in [1.807, 2.05) is 20.8 Å². The van der Waals surface area contributed by atoms with Gasteiger partial charge in [-0.1, -0.05) is 20.8 Å². The van der Waals surface area contributed by atoms with Gasteiger partial charge in [-0.2, -0.15) is 0 Å². The fourth-order valence-corrected chi connectivity index (χ4v) is 5.19. The fraction of sp³-hybridized carbons (Fsp3) is 1.00. The SMILES string of the molecule is C.CC(C)(C)N1CC(F)(F)C1.CC(C)(C)N1CCCC1.CC(C)(C)N1CCCCC1.CC1CN(C(C)(C)C)C1. The first-order valence-electron chi connectivity index (χ1n) is 15.4. The predicted octanol–water partition coefficient (Wildman–Crippen LogP) is 8.26. The van der Waals surface area contributed by atoms with E-state index in [1.165, 1.54) is 71.4 Å². The van der Waals surface area contributed by atoms with Crippen LogP contribution in [0.5, 0.6) is 0 Å². The van der Waals surface area contributed by atoms with Gasteiger partial charge in [0, 0.05) is 35.2 Å². The zero-order valence-corrected chi connectivity index (χ0v) is 27.8. The molecule has 0 aliphatic carbocycles. The second-order valence-electron chi connectivity index (χ2n) is 16.1. The summed E-state index contributed by atoms with van der Waals surface area (Å²) < 4.78 is 24.6. The first-order valence-corrected chi connectivity index (χ1v) is 15.4. The molecular weight excluding hydrogens is 490 g/mol. The van der Waals surface area contributed by atoms with E-state index in [2.05, 4.69) is 83.9 Å². The van der Waals surface area contributed by atoms with Crippen LogP contribution in [0.2, 0.25) is 0 Å². The van der Waals surface area contributed by atoms with Crippen molar-refractivity contribution in [3.63, 3.8) is 0 Å². The lowest BCUT2D eigenvalue weighted by Gasteiger charge is -2.47. The predicted molar refractivity (Wildman–Crippen MR) is 169 cm³/mol. The second kappa shape index (κ2) is 15.3. The molecule has 0 radical (unpaired) electrons. The van der Waals surface area contributed by atoms with E-state index in [9.17, 15) is 8.78 Å². The molecule has 4 fully saturated rings. The van der Waals surface area contributed by atoms with Gasteiger partial charge in [0.25, 0.3) is 5.92 Å². The summed E-state index contributed by atoms with van der Waals surface area (Å²) >= 11 is 0. The Bertz CT molecular complexity index is 641. The summed E-state index contributed by atoms with van der Waals surface area (Å²) in [5, 5.41) is 0. The van der Waals surface area contributed by atoms with E-state index < -0.39 is 5.92 Å². The fourth-order valence-electron chi connectivity index (χ4n) is 5.19. The number of piperidine rings is 1. The Morgan fingerprint density at radius 2 is 0.769 bits per heavy atom. The van der Waals surface area contributed by atoms with Gasteiger partial charge >= 0.3 is 0 Å². The van der Waals surface area contributed by atoms with Crippen LogP contribution in [0.4, 0.5) is 8.78 Å². The molecule has 0 N–H and O–H groups in total. The third-order valence-corrected chi connectivity index (χ3v) is 8.17. The zero-order chi connectivity index (χ0) is 29.6. The molecule has 4 aliphatic rings. The Morgan fingerprint density at radius 3 is 0.923 bits per heavy atom. The summed E-state index contributed by atoms with van der Waals surface area (Å²) in [5.41, 5.74) is 1.13. The molecule has 39 heavy (non-hydrogen) atoms. The third kappa shape index (κ3) is 14.9. The summed E-state index contributed by atoms with van der Waals surface area (Å²) in [6.07, 6.45) is 7.04. The van der Waals surface area contributed by atoms with Crippen LogP contribution in [0.15, 0.2) is 0 Å². The molecule has 0 aromatic rings. The van der Waals surface area contributed by atoms with Gasteiger partial charge in [-0.05, 0) is 141 Å². The molecule has 0 aromatic carbocycles. The molecule has 4 aliphatic heterocycles. The Kier molecular flexibility index (Phi) is 15.1. The van der Waals surface area contributed by atoms with Crippen molar-refractivity contribution in [1.29, 1.82) is 0 Å². The molecule has 4 rings (SSSR count). The number of nitrogens with zero attached hydrogens (tertiary/aromatic N) is 4. The quantitative estimate of drug-likeness (QED) is 0.296. The van der Waals surface area contributed by atoms with Crippen molar-refractivity contribution in [2.75, 3.05) is 52.4 Å². The van der Waals surface area contributed by atoms with Crippen molar-refractivity contribution in [2.45, 2.75) is 158 Å². The number of halogens is 2. The number of hydrogen-bond acceptors (Lipinski definition) is 4. The first-order chi connectivity index (χ1) is 17.0. The lowest BCUT2D eigenvalue weighted by molar-refractivity contribution is -0.160. The van der Waals surface area contributed by atoms with E-state index in [-0.39, 0.29) is 26.1 Å². The largest absolute Gasteiger partial charge is 0.298 e. The molecule has 0 bridgehead atoms. The maximum atomic E-state index is 12.3. The Labute approximate surface area is 244 Å². The molecule has 6 heteroatoms. The van der Waals surface area contributed by atoms with E-state index in [1.54, 1.807) is 4.90 Å². The summed E-state index contributed by atoms with van der Waals surface area (Å²) in [7, 11) is 0. The highest BCUT2D eigenvalue weighted by atomic mass is 19.3. The van der Waals surface area contributed by atoms with E-state index >= 15 is 0 Å². The summed E-state index contributed by atoms with van der Waals surface area (Å²) in [5.74, 6) is -1.49. The van der Waals surface area contributed by atoms with Gasteiger partial charge in [0.1, 0.15) is 0 Å². The van der Waals surface area contributed by atoms with Crippen LogP contribution in [-0.4, -0.2) is 100 Å². The van der Waals surface area contributed by atoms with E-state index in [0.717, 1.165) is 5.92 Å². The van der Waals surface area contributed by atoms with Gasteiger partial charge in [0.15, 0.2) is 0 Å². The normalized spacial score (nSPS) is 23.5. The number of alkyl halides is 2. The minimum absolute atomic E-state index is 0. The third-order valence-electron chi connectivity index (χ3n) is 8.17. The molecule has 4 saturated heterocycles. The maximum Gasteiger partial charge on any atom is 0.272 e. The Hall–Kier alpha value is -0.300. The van der Waals surface area contributed by atoms with Crippen LogP contribution in [0.1, 0.15) is 130 Å². The minimum atomic E-state index is -2.42. The highest BCUT2D eigenvalue weighted by molar-refractivity contribution is 4.93. The standard InChI is InChI=1S/C9H19N.2C8H17N.C7H13F2N.CH4/c1-9(2,3)10-7-5-4-6-8-10;1-7-5-9(6-7)8(2,3)4;1-8(2,3)9-6-4-5-7-9;1-6(2,3)10-4-7(8,9)5-10;/h4-8H2,1-3H3;7H,5-6H2,1-4H3;4-7H2,1-3H3;4-5H2,1-3H3;1H4. The minimum Gasteiger partial charge on any atom is -0.298 e. The Morgan fingerprint density at radius 1 is 0.487 bits per heavy atom. The van der Waals surface area contributed by atoms with E-state index in [4.69, 9.17) is 0 Å². The first kappa shape index (κ1) is 38.7. The van der Waals surface area contributed by atoms with Gasteiger partial charge in [-0.3, -0.25) is 19.6 Å². The van der Waals surface area contributed by atoms with Crippen LogP contribution in [-0.2, 0) is 0 Å². The van der Waals surface area contributed by atoms with Gasteiger partial charge in [0.2, 0.25) is 0 Å². The zero-order valence-electron chi connectivity index (χ0n) is 27.8. The van der Waals surface area contributed by atoms with Crippen molar-refractivity contribution in [3.05, 3.63) is 0 Å². The van der Waals surface area contributed by atoms with Crippen molar-refractivity contribution in [2.24, 2.45) is 5.92 Å². The van der Waals surface area contributed by atoms with Gasteiger partial charge in [-0.15, -0.1) is 0 Å². The topological polar surface area (TPSA) is 13.0 Å². The van der Waals surface area contributed by atoms with E-state index in [0.29, 0.717) is 16.6 Å². The van der Waals surface area contributed by atoms with Gasteiger partial charge in [-0.25, -0.2) is 8.78 Å². The molecule has 0 saturated carbocycles. The van der Waals surface area contributed by atoms with Crippen LogP contribution >= 0.6 is 0 Å².